The minimum Gasteiger partial charge on any atom is -0.482 e. The Bertz CT molecular complexity index is 1150. The Morgan fingerprint density at radius 1 is 0.933 bits per heavy atom. The summed E-state index contributed by atoms with van der Waals surface area (Å²) in [4.78, 5) is 11.9. The van der Waals surface area contributed by atoms with E-state index in [0.717, 1.165) is 0 Å². The molecule has 30 heavy (non-hydrogen) atoms. The van der Waals surface area contributed by atoms with Crippen molar-refractivity contribution >= 4 is 50.5 Å². The second-order valence-corrected chi connectivity index (χ2v) is 8.57. The number of nitrogens with one attached hydrogen (secondary N) is 2. The molecule has 0 saturated heterocycles. The first kappa shape index (κ1) is 21.9. The number of amides is 1. The Labute approximate surface area is 182 Å². The lowest BCUT2D eigenvalue weighted by molar-refractivity contribution is -0.118. The zero-order chi connectivity index (χ0) is 21.7. The number of halogens is 3. The van der Waals surface area contributed by atoms with E-state index in [2.05, 4.69) is 10.0 Å². The predicted molar refractivity (Wildman–Crippen MR) is 114 cm³/mol. The monoisotopic (exact) mass is 468 g/mol. The molecule has 1 amide bonds. The largest absolute Gasteiger partial charge is 0.482 e. The Hall–Kier alpha value is -2.81. The SMILES string of the molecule is O=C(COc1ccc(S(=O)(=O)Nc2ccc(Cl)cc2)cc1Cl)Nc1ccc(F)cc1. The van der Waals surface area contributed by atoms with Crippen molar-refractivity contribution in [3.8, 4) is 5.75 Å². The van der Waals surface area contributed by atoms with Gasteiger partial charge in [0.05, 0.1) is 9.92 Å². The van der Waals surface area contributed by atoms with Crippen molar-refractivity contribution in [2.45, 2.75) is 4.90 Å². The van der Waals surface area contributed by atoms with Gasteiger partial charge < -0.3 is 10.1 Å². The summed E-state index contributed by atoms with van der Waals surface area (Å²) in [5, 5.41) is 3.03. The molecule has 156 valence electrons. The van der Waals surface area contributed by atoms with Crippen molar-refractivity contribution in [3.05, 3.63) is 82.6 Å². The Kier molecular flexibility index (Phi) is 6.81. The first-order chi connectivity index (χ1) is 14.2. The van der Waals surface area contributed by atoms with E-state index in [0.29, 0.717) is 16.4 Å². The molecule has 0 saturated carbocycles. The van der Waals surface area contributed by atoms with Gasteiger partial charge in [-0.05, 0) is 66.7 Å². The van der Waals surface area contributed by atoms with E-state index in [1.165, 1.54) is 54.6 Å². The third kappa shape index (κ3) is 5.85. The number of benzene rings is 3. The topological polar surface area (TPSA) is 84.5 Å². The minimum atomic E-state index is -3.88. The average Bonchev–Trinajstić information content (AvgIpc) is 2.70. The molecule has 3 aromatic rings. The maximum absolute atomic E-state index is 12.9. The Balaban J connectivity index is 1.63. The number of anilines is 2. The Morgan fingerprint density at radius 3 is 2.20 bits per heavy atom. The molecule has 0 radical (unpaired) electrons. The lowest BCUT2D eigenvalue weighted by Crippen LogP contribution is -2.20. The smallest absolute Gasteiger partial charge is 0.262 e. The molecule has 0 fully saturated rings. The summed E-state index contributed by atoms with van der Waals surface area (Å²) in [6.07, 6.45) is 0. The van der Waals surface area contributed by atoms with Crippen LogP contribution in [0.4, 0.5) is 15.8 Å². The maximum Gasteiger partial charge on any atom is 0.262 e. The molecule has 3 rings (SSSR count). The van der Waals surface area contributed by atoms with Crippen molar-refractivity contribution < 1.29 is 22.3 Å². The third-order valence-electron chi connectivity index (χ3n) is 3.80. The number of carbonyl (C=O) groups excluding carboxylic acids is 1. The van der Waals surface area contributed by atoms with Crippen LogP contribution in [-0.2, 0) is 14.8 Å². The fraction of sp³-hybridized carbons (Fsp3) is 0.0500. The molecule has 0 heterocycles. The molecule has 3 aromatic carbocycles. The van der Waals surface area contributed by atoms with Crippen LogP contribution in [0.3, 0.4) is 0 Å². The molecule has 0 atom stereocenters. The molecule has 0 aliphatic carbocycles. The van der Waals surface area contributed by atoms with Crippen molar-refractivity contribution in [2.75, 3.05) is 16.6 Å². The van der Waals surface area contributed by atoms with Crippen molar-refractivity contribution in [1.29, 1.82) is 0 Å². The fourth-order valence-electron chi connectivity index (χ4n) is 2.37. The van der Waals surface area contributed by atoms with E-state index in [1.807, 2.05) is 0 Å². The van der Waals surface area contributed by atoms with Gasteiger partial charge in [-0.25, -0.2) is 12.8 Å². The van der Waals surface area contributed by atoms with Gasteiger partial charge in [0.15, 0.2) is 6.61 Å². The van der Waals surface area contributed by atoms with E-state index < -0.39 is 21.7 Å². The van der Waals surface area contributed by atoms with Gasteiger partial charge in [0.2, 0.25) is 0 Å². The van der Waals surface area contributed by atoms with Gasteiger partial charge in [0.25, 0.3) is 15.9 Å². The maximum atomic E-state index is 12.9. The van der Waals surface area contributed by atoms with Crippen LogP contribution in [0.1, 0.15) is 0 Å². The summed E-state index contributed by atoms with van der Waals surface area (Å²) >= 11 is 11.9. The number of hydrogen-bond donors (Lipinski definition) is 2. The zero-order valence-electron chi connectivity index (χ0n) is 15.2. The van der Waals surface area contributed by atoms with Crippen molar-refractivity contribution in [3.63, 3.8) is 0 Å². The van der Waals surface area contributed by atoms with E-state index in [1.54, 1.807) is 12.1 Å². The summed E-state index contributed by atoms with van der Waals surface area (Å²) in [5.74, 6) is -0.772. The van der Waals surface area contributed by atoms with Crippen LogP contribution in [0.25, 0.3) is 0 Å². The van der Waals surface area contributed by atoms with Crippen molar-refractivity contribution in [1.82, 2.24) is 0 Å². The normalized spacial score (nSPS) is 11.0. The number of carbonyl (C=O) groups is 1. The van der Waals surface area contributed by atoms with Gasteiger partial charge >= 0.3 is 0 Å². The lowest BCUT2D eigenvalue weighted by Gasteiger charge is -2.12. The van der Waals surface area contributed by atoms with Crippen LogP contribution in [0.15, 0.2) is 71.6 Å². The van der Waals surface area contributed by atoms with Gasteiger partial charge in [0.1, 0.15) is 11.6 Å². The summed E-state index contributed by atoms with van der Waals surface area (Å²) in [5.41, 5.74) is 0.749. The molecule has 0 bridgehead atoms. The van der Waals surface area contributed by atoms with Crippen molar-refractivity contribution in [2.24, 2.45) is 0 Å². The molecule has 2 N–H and O–H groups in total. The first-order valence-corrected chi connectivity index (χ1v) is 10.7. The van der Waals surface area contributed by atoms with E-state index in [4.69, 9.17) is 27.9 Å². The van der Waals surface area contributed by atoms with Crippen LogP contribution >= 0.6 is 23.2 Å². The standard InChI is InChI=1S/C20H15Cl2FN2O4S/c21-13-1-5-16(6-2-13)25-30(27,28)17-9-10-19(18(22)11-17)29-12-20(26)24-15-7-3-14(23)4-8-15/h1-11,25H,12H2,(H,24,26). The van der Waals surface area contributed by atoms with E-state index in [9.17, 15) is 17.6 Å². The minimum absolute atomic E-state index is 0.0172. The first-order valence-electron chi connectivity index (χ1n) is 8.49. The Morgan fingerprint density at radius 2 is 1.57 bits per heavy atom. The van der Waals surface area contributed by atoms with Crippen LogP contribution in [0.2, 0.25) is 10.0 Å². The molecular weight excluding hydrogens is 454 g/mol. The van der Waals surface area contributed by atoms with Crippen LogP contribution < -0.4 is 14.8 Å². The molecule has 10 heteroatoms. The summed E-state index contributed by atoms with van der Waals surface area (Å²) < 4.78 is 45.7. The zero-order valence-corrected chi connectivity index (χ0v) is 17.6. The third-order valence-corrected chi connectivity index (χ3v) is 5.72. The second kappa shape index (κ2) is 9.34. The van der Waals surface area contributed by atoms with Crippen LogP contribution in [-0.4, -0.2) is 20.9 Å². The quantitative estimate of drug-likeness (QED) is 0.513. The summed E-state index contributed by atoms with van der Waals surface area (Å²) in [7, 11) is -3.88. The highest BCUT2D eigenvalue weighted by atomic mass is 35.5. The van der Waals surface area contributed by atoms with E-state index >= 15 is 0 Å². The fourth-order valence-corrected chi connectivity index (χ4v) is 3.88. The number of sulfonamides is 1. The highest BCUT2D eigenvalue weighted by molar-refractivity contribution is 7.92. The molecule has 0 unspecified atom stereocenters. The number of hydrogen-bond acceptors (Lipinski definition) is 4. The van der Waals surface area contributed by atoms with E-state index in [-0.39, 0.29) is 22.3 Å². The van der Waals surface area contributed by atoms with Gasteiger partial charge in [0, 0.05) is 16.4 Å². The molecule has 0 aliphatic heterocycles. The molecule has 6 nitrogen and oxygen atoms in total. The van der Waals surface area contributed by atoms with Gasteiger partial charge in [-0.1, -0.05) is 23.2 Å². The lowest BCUT2D eigenvalue weighted by atomic mass is 10.3. The molecular formula is C20H15Cl2FN2O4S. The molecule has 0 aliphatic rings. The average molecular weight is 469 g/mol. The highest BCUT2D eigenvalue weighted by Gasteiger charge is 2.17. The van der Waals surface area contributed by atoms with Gasteiger partial charge in [-0.2, -0.15) is 0 Å². The molecule has 0 spiro atoms. The van der Waals surface area contributed by atoms with Crippen LogP contribution in [0.5, 0.6) is 5.75 Å². The van der Waals surface area contributed by atoms with Crippen LogP contribution in [0, 0.1) is 5.82 Å². The van der Waals surface area contributed by atoms with Gasteiger partial charge in [-0.3, -0.25) is 9.52 Å². The second-order valence-electron chi connectivity index (χ2n) is 6.05. The molecule has 0 aromatic heterocycles. The summed E-state index contributed by atoms with van der Waals surface area (Å²) in [6, 6.07) is 15.3. The van der Waals surface area contributed by atoms with Gasteiger partial charge in [-0.15, -0.1) is 0 Å². The summed E-state index contributed by atoms with van der Waals surface area (Å²) in [6.45, 7) is -0.369. The number of rotatable bonds is 7. The number of ether oxygens (including phenoxy) is 1. The predicted octanol–water partition coefficient (Wildman–Crippen LogP) is 4.95. The highest BCUT2D eigenvalue weighted by Crippen LogP contribution is 2.28.